The summed E-state index contributed by atoms with van der Waals surface area (Å²) in [5, 5.41) is 19.5. The number of anilines is 1. The van der Waals surface area contributed by atoms with E-state index >= 15 is 0 Å². The number of hydrogen-bond donors (Lipinski definition) is 3. The number of amides is 1. The van der Waals surface area contributed by atoms with Crippen LogP contribution in [0.2, 0.25) is 0 Å². The third-order valence-corrected chi connectivity index (χ3v) is 1.98. The number of benzene rings is 1. The van der Waals surface area contributed by atoms with Crippen LogP contribution in [0.15, 0.2) is 34.0 Å². The van der Waals surface area contributed by atoms with Gasteiger partial charge in [0, 0.05) is 0 Å². The first-order valence-corrected chi connectivity index (χ1v) is 4.87. The molecule has 18 heavy (non-hydrogen) atoms. The molecular formula is C10H9N5O3. The van der Waals surface area contributed by atoms with Crippen LogP contribution in [0.1, 0.15) is 16.1 Å². The van der Waals surface area contributed by atoms with Gasteiger partial charge < -0.3 is 10.8 Å². The van der Waals surface area contributed by atoms with E-state index in [4.69, 9.17) is 5.73 Å². The van der Waals surface area contributed by atoms with Crippen molar-refractivity contribution in [2.75, 3.05) is 5.73 Å². The summed E-state index contributed by atoms with van der Waals surface area (Å²) in [5.41, 5.74) is 8.02. The number of phenolic OH excluding ortho intramolecular Hbond substituents is 1. The zero-order chi connectivity index (χ0) is 13.0. The van der Waals surface area contributed by atoms with Crippen LogP contribution in [-0.4, -0.2) is 27.5 Å². The lowest BCUT2D eigenvalue weighted by atomic mass is 10.2. The van der Waals surface area contributed by atoms with Crippen molar-refractivity contribution in [1.29, 1.82) is 0 Å². The average Bonchev–Trinajstić information content (AvgIpc) is 2.75. The third kappa shape index (κ3) is 2.61. The molecule has 0 fully saturated rings. The number of nitrogens with one attached hydrogen (secondary N) is 1. The van der Waals surface area contributed by atoms with Gasteiger partial charge in [0.05, 0.1) is 6.21 Å². The molecule has 0 aliphatic heterocycles. The number of nitrogens with zero attached hydrogens (tertiary/aromatic N) is 3. The van der Waals surface area contributed by atoms with Gasteiger partial charge in [-0.3, -0.25) is 4.79 Å². The smallest absolute Gasteiger partial charge is 0.297 e. The van der Waals surface area contributed by atoms with Gasteiger partial charge >= 0.3 is 0 Å². The van der Waals surface area contributed by atoms with Crippen LogP contribution in [0.3, 0.4) is 0 Å². The van der Waals surface area contributed by atoms with E-state index < -0.39 is 5.91 Å². The summed E-state index contributed by atoms with van der Waals surface area (Å²) < 4.78 is 4.28. The Bertz CT molecular complexity index is 593. The highest BCUT2D eigenvalue weighted by Crippen LogP contribution is 2.08. The Morgan fingerprint density at radius 2 is 2.33 bits per heavy atom. The standard InChI is InChI=1S/C10H9N5O3/c11-9-8(14-18-15-9)10(17)13-12-5-6-2-1-3-7(16)4-6/h1-5,16H,(H2,11,15)(H,13,17)/b12-5-. The Morgan fingerprint density at radius 3 is 3.00 bits per heavy atom. The van der Waals surface area contributed by atoms with Gasteiger partial charge in [-0.1, -0.05) is 12.1 Å². The first-order valence-electron chi connectivity index (χ1n) is 4.87. The summed E-state index contributed by atoms with van der Waals surface area (Å²) >= 11 is 0. The van der Waals surface area contributed by atoms with Crippen LogP contribution in [0, 0.1) is 0 Å². The van der Waals surface area contributed by atoms with Crippen molar-refractivity contribution in [3.63, 3.8) is 0 Å². The van der Waals surface area contributed by atoms with Gasteiger partial charge in [-0.15, -0.1) is 0 Å². The molecule has 1 heterocycles. The van der Waals surface area contributed by atoms with Crippen molar-refractivity contribution in [2.24, 2.45) is 5.10 Å². The summed E-state index contributed by atoms with van der Waals surface area (Å²) in [7, 11) is 0. The largest absolute Gasteiger partial charge is 0.508 e. The van der Waals surface area contributed by atoms with Gasteiger partial charge in [-0.2, -0.15) is 5.10 Å². The van der Waals surface area contributed by atoms with Gasteiger partial charge in [0.15, 0.2) is 0 Å². The number of nitrogens with two attached hydrogens (primary N) is 1. The monoisotopic (exact) mass is 247 g/mol. The second kappa shape index (κ2) is 4.95. The van der Waals surface area contributed by atoms with Crippen LogP contribution in [0.4, 0.5) is 5.82 Å². The van der Waals surface area contributed by atoms with Crippen LogP contribution in [0.25, 0.3) is 0 Å². The molecule has 1 amide bonds. The molecule has 0 atom stereocenters. The molecule has 92 valence electrons. The van der Waals surface area contributed by atoms with Gasteiger partial charge in [0.1, 0.15) is 5.75 Å². The Morgan fingerprint density at radius 1 is 1.50 bits per heavy atom. The molecular weight excluding hydrogens is 238 g/mol. The van der Waals surface area contributed by atoms with Crippen LogP contribution >= 0.6 is 0 Å². The number of hydrazone groups is 1. The van der Waals surface area contributed by atoms with Gasteiger partial charge in [0.25, 0.3) is 5.91 Å². The first kappa shape index (κ1) is 11.6. The zero-order valence-electron chi connectivity index (χ0n) is 9.07. The van der Waals surface area contributed by atoms with Gasteiger partial charge in [-0.05, 0) is 28.0 Å². The zero-order valence-corrected chi connectivity index (χ0v) is 9.07. The molecule has 1 aromatic carbocycles. The maximum Gasteiger partial charge on any atom is 0.297 e. The second-order valence-electron chi connectivity index (χ2n) is 3.29. The molecule has 2 aromatic rings. The lowest BCUT2D eigenvalue weighted by molar-refractivity contribution is 0.0946. The number of aromatic hydroxyl groups is 1. The predicted molar refractivity (Wildman–Crippen MR) is 61.9 cm³/mol. The molecule has 0 aliphatic rings. The van der Waals surface area contributed by atoms with Crippen molar-refractivity contribution < 1.29 is 14.5 Å². The van der Waals surface area contributed by atoms with E-state index in [1.807, 2.05) is 0 Å². The SMILES string of the molecule is Nc1nonc1C(=O)N/N=C\c1cccc(O)c1. The summed E-state index contributed by atoms with van der Waals surface area (Å²) in [6.07, 6.45) is 1.36. The molecule has 0 unspecified atom stereocenters. The minimum atomic E-state index is -0.634. The molecule has 2 rings (SSSR count). The van der Waals surface area contributed by atoms with Crippen molar-refractivity contribution in [2.45, 2.75) is 0 Å². The number of carbonyl (C=O) groups excluding carboxylic acids is 1. The van der Waals surface area contributed by atoms with E-state index in [9.17, 15) is 9.90 Å². The summed E-state index contributed by atoms with van der Waals surface area (Å²) in [6.45, 7) is 0. The molecule has 0 saturated carbocycles. The van der Waals surface area contributed by atoms with Gasteiger partial charge in [-0.25, -0.2) is 10.1 Å². The topological polar surface area (TPSA) is 127 Å². The fraction of sp³-hybridized carbons (Fsp3) is 0. The summed E-state index contributed by atoms with van der Waals surface area (Å²) in [4.78, 5) is 11.5. The highest BCUT2D eigenvalue weighted by atomic mass is 16.6. The number of aromatic nitrogens is 2. The second-order valence-corrected chi connectivity index (χ2v) is 3.29. The summed E-state index contributed by atoms with van der Waals surface area (Å²) in [6, 6.07) is 6.37. The van der Waals surface area contributed by atoms with E-state index in [2.05, 4.69) is 25.5 Å². The van der Waals surface area contributed by atoms with Crippen LogP contribution < -0.4 is 11.2 Å². The van der Waals surface area contributed by atoms with E-state index in [1.165, 1.54) is 18.3 Å². The first-order chi connectivity index (χ1) is 8.66. The number of hydrogen-bond acceptors (Lipinski definition) is 7. The average molecular weight is 247 g/mol. The van der Waals surface area contributed by atoms with E-state index in [0.717, 1.165) is 0 Å². The van der Waals surface area contributed by atoms with Crippen LogP contribution in [0.5, 0.6) is 5.75 Å². The Labute approximate surface area is 101 Å². The van der Waals surface area contributed by atoms with E-state index in [-0.39, 0.29) is 17.3 Å². The number of phenols is 1. The maximum absolute atomic E-state index is 11.5. The number of rotatable bonds is 3. The molecule has 0 bridgehead atoms. The van der Waals surface area contributed by atoms with Crippen molar-refractivity contribution in [1.82, 2.24) is 15.7 Å². The highest BCUT2D eigenvalue weighted by Gasteiger charge is 2.14. The molecule has 8 nitrogen and oxygen atoms in total. The normalized spacial score (nSPS) is 10.7. The number of carbonyl (C=O) groups is 1. The minimum Gasteiger partial charge on any atom is -0.508 e. The Hall–Kier alpha value is -2.90. The Kier molecular flexibility index (Phi) is 3.19. The molecule has 4 N–H and O–H groups in total. The van der Waals surface area contributed by atoms with Crippen molar-refractivity contribution >= 4 is 17.9 Å². The van der Waals surface area contributed by atoms with E-state index in [0.29, 0.717) is 5.56 Å². The lowest BCUT2D eigenvalue weighted by Crippen LogP contribution is -2.19. The van der Waals surface area contributed by atoms with Crippen LogP contribution in [-0.2, 0) is 0 Å². The molecule has 0 saturated heterocycles. The predicted octanol–water partition coefficient (Wildman–Crippen LogP) is 0.121. The summed E-state index contributed by atoms with van der Waals surface area (Å²) in [5.74, 6) is -0.638. The Balaban J connectivity index is 2.00. The fourth-order valence-electron chi connectivity index (χ4n) is 1.18. The third-order valence-electron chi connectivity index (χ3n) is 1.98. The fourth-order valence-corrected chi connectivity index (χ4v) is 1.18. The molecule has 0 spiro atoms. The van der Waals surface area contributed by atoms with E-state index in [1.54, 1.807) is 12.1 Å². The highest BCUT2D eigenvalue weighted by molar-refractivity contribution is 5.96. The quantitative estimate of drug-likeness (QED) is 0.522. The molecule has 0 aliphatic carbocycles. The lowest BCUT2D eigenvalue weighted by Gasteiger charge is -1.96. The van der Waals surface area contributed by atoms with Crippen molar-refractivity contribution in [3.8, 4) is 5.75 Å². The molecule has 1 aromatic heterocycles. The molecule has 8 heteroatoms. The van der Waals surface area contributed by atoms with Crippen molar-refractivity contribution in [3.05, 3.63) is 35.5 Å². The molecule has 0 radical (unpaired) electrons. The minimum absolute atomic E-state index is 0.107. The van der Waals surface area contributed by atoms with Gasteiger partial charge in [0.2, 0.25) is 11.5 Å². The maximum atomic E-state index is 11.5. The number of nitrogen functional groups attached to an aromatic ring is 1.